The average Bonchev–Trinajstić information content (AvgIpc) is 1.85. The predicted octanol–water partition coefficient (Wildman–Crippen LogP) is 2.10. The fraction of sp³-hybridized carbons (Fsp3) is 0.444. The zero-order valence-corrected chi connectivity index (χ0v) is 7.26. The molecule has 0 aliphatic carbocycles. The van der Waals surface area contributed by atoms with E-state index in [2.05, 4.69) is 25.8 Å². The molecule has 1 aromatic rings. The Morgan fingerprint density at radius 2 is 2.09 bits per heavy atom. The summed E-state index contributed by atoms with van der Waals surface area (Å²) in [5, 5.41) is 0. The fourth-order valence-electron chi connectivity index (χ4n) is 1.34. The molecular weight excluding hydrogens is 136 g/mol. The van der Waals surface area contributed by atoms with E-state index in [-0.39, 0.29) is 0 Å². The largest absolute Gasteiger partial charge is 0.383 e. The Kier molecular flexibility index (Phi) is 2.13. The van der Waals surface area contributed by atoms with Crippen LogP contribution in [-0.2, 0) is 0 Å². The molecule has 1 rings (SSSR count). The minimum absolute atomic E-state index is 0.462. The molecule has 0 bridgehead atoms. The molecule has 11 heavy (non-hydrogen) atoms. The highest BCUT2D eigenvalue weighted by Crippen LogP contribution is 2.22. The van der Waals surface area contributed by atoms with Crippen molar-refractivity contribution in [3.05, 3.63) is 23.4 Å². The maximum atomic E-state index is 5.71. The zero-order valence-electron chi connectivity index (χ0n) is 7.26. The molecule has 0 saturated heterocycles. The van der Waals surface area contributed by atoms with Crippen LogP contribution in [0.3, 0.4) is 0 Å². The van der Waals surface area contributed by atoms with Gasteiger partial charge in [0, 0.05) is 6.20 Å². The third kappa shape index (κ3) is 1.50. The molecule has 0 unspecified atom stereocenters. The molecule has 2 heteroatoms. The van der Waals surface area contributed by atoms with Crippen LogP contribution in [0.15, 0.2) is 12.3 Å². The minimum Gasteiger partial charge on any atom is -0.383 e. The van der Waals surface area contributed by atoms with Crippen molar-refractivity contribution >= 4 is 5.82 Å². The van der Waals surface area contributed by atoms with Gasteiger partial charge in [0.2, 0.25) is 0 Å². The smallest absolute Gasteiger partial charge is 0.127 e. The molecular formula is C9H14N2. The van der Waals surface area contributed by atoms with Crippen LogP contribution in [0.5, 0.6) is 0 Å². The molecule has 0 aliphatic heterocycles. The number of nitrogen functional groups attached to an aromatic ring is 1. The lowest BCUT2D eigenvalue weighted by Crippen LogP contribution is -2.01. The van der Waals surface area contributed by atoms with E-state index in [1.54, 1.807) is 6.20 Å². The van der Waals surface area contributed by atoms with Crippen molar-refractivity contribution in [3.63, 3.8) is 0 Å². The van der Waals surface area contributed by atoms with E-state index in [0.29, 0.717) is 11.7 Å². The van der Waals surface area contributed by atoms with E-state index < -0.39 is 0 Å². The number of nitrogens with zero attached hydrogens (tertiary/aromatic N) is 1. The molecule has 0 amide bonds. The number of hydrogen-bond donors (Lipinski definition) is 1. The van der Waals surface area contributed by atoms with Crippen molar-refractivity contribution < 1.29 is 0 Å². The number of rotatable bonds is 1. The second kappa shape index (κ2) is 2.91. The Hall–Kier alpha value is -1.05. The predicted molar refractivity (Wildman–Crippen MR) is 47.5 cm³/mol. The van der Waals surface area contributed by atoms with Gasteiger partial charge in [-0.2, -0.15) is 0 Å². The summed E-state index contributed by atoms with van der Waals surface area (Å²) in [6.07, 6.45) is 1.75. The first-order chi connectivity index (χ1) is 5.13. The molecule has 1 heterocycles. The van der Waals surface area contributed by atoms with E-state index in [1.165, 1.54) is 11.1 Å². The number of anilines is 1. The SMILES string of the molecule is Cc1ccnc(N)c1C(C)C. The van der Waals surface area contributed by atoms with Crippen LogP contribution >= 0.6 is 0 Å². The molecule has 0 spiro atoms. The van der Waals surface area contributed by atoms with E-state index in [1.807, 2.05) is 6.07 Å². The summed E-state index contributed by atoms with van der Waals surface area (Å²) < 4.78 is 0. The lowest BCUT2D eigenvalue weighted by molar-refractivity contribution is 0.852. The van der Waals surface area contributed by atoms with Gasteiger partial charge in [0.05, 0.1) is 0 Å². The molecule has 2 N–H and O–H groups in total. The number of pyridine rings is 1. The van der Waals surface area contributed by atoms with Crippen LogP contribution in [0.25, 0.3) is 0 Å². The maximum absolute atomic E-state index is 5.71. The summed E-state index contributed by atoms with van der Waals surface area (Å²) in [7, 11) is 0. The Morgan fingerprint density at radius 1 is 1.45 bits per heavy atom. The van der Waals surface area contributed by atoms with Crippen molar-refractivity contribution in [2.24, 2.45) is 0 Å². The van der Waals surface area contributed by atoms with Gasteiger partial charge in [0.1, 0.15) is 5.82 Å². The highest BCUT2D eigenvalue weighted by Gasteiger charge is 2.06. The molecule has 60 valence electrons. The second-order valence-corrected chi connectivity index (χ2v) is 3.08. The van der Waals surface area contributed by atoms with Crippen molar-refractivity contribution in [1.29, 1.82) is 0 Å². The molecule has 2 nitrogen and oxygen atoms in total. The Morgan fingerprint density at radius 3 is 2.45 bits per heavy atom. The number of hydrogen-bond acceptors (Lipinski definition) is 2. The summed E-state index contributed by atoms with van der Waals surface area (Å²) in [5.41, 5.74) is 8.11. The lowest BCUT2D eigenvalue weighted by Gasteiger charge is -2.10. The van der Waals surface area contributed by atoms with Gasteiger partial charge < -0.3 is 5.73 Å². The van der Waals surface area contributed by atoms with Crippen molar-refractivity contribution in [1.82, 2.24) is 4.98 Å². The quantitative estimate of drug-likeness (QED) is 0.665. The number of nitrogens with two attached hydrogens (primary N) is 1. The van der Waals surface area contributed by atoms with Crippen LogP contribution in [0.1, 0.15) is 30.9 Å². The van der Waals surface area contributed by atoms with Gasteiger partial charge in [-0.15, -0.1) is 0 Å². The van der Waals surface area contributed by atoms with E-state index in [4.69, 9.17) is 5.73 Å². The molecule has 0 fully saturated rings. The van der Waals surface area contributed by atoms with Crippen LogP contribution < -0.4 is 5.73 Å². The first-order valence-corrected chi connectivity index (χ1v) is 3.84. The standard InChI is InChI=1S/C9H14N2/c1-6(2)8-7(3)4-5-11-9(8)10/h4-6H,1-3H3,(H2,10,11). The fourth-order valence-corrected chi connectivity index (χ4v) is 1.34. The van der Waals surface area contributed by atoms with Gasteiger partial charge in [0.15, 0.2) is 0 Å². The molecule has 0 radical (unpaired) electrons. The molecule has 1 aromatic heterocycles. The average molecular weight is 150 g/mol. The first kappa shape index (κ1) is 8.05. The van der Waals surface area contributed by atoms with Crippen LogP contribution in [0, 0.1) is 6.92 Å². The van der Waals surface area contributed by atoms with Crippen molar-refractivity contribution in [2.75, 3.05) is 5.73 Å². The summed E-state index contributed by atoms with van der Waals surface area (Å²) >= 11 is 0. The van der Waals surface area contributed by atoms with Crippen LogP contribution in [0.4, 0.5) is 5.82 Å². The second-order valence-electron chi connectivity index (χ2n) is 3.08. The molecule has 0 aliphatic rings. The number of aryl methyl sites for hydroxylation is 1. The Bertz CT molecular complexity index is 233. The maximum Gasteiger partial charge on any atom is 0.127 e. The van der Waals surface area contributed by atoms with Gasteiger partial charge in [-0.25, -0.2) is 4.98 Å². The van der Waals surface area contributed by atoms with Crippen molar-refractivity contribution in [3.8, 4) is 0 Å². The molecule has 0 aromatic carbocycles. The first-order valence-electron chi connectivity index (χ1n) is 3.84. The van der Waals surface area contributed by atoms with Gasteiger partial charge >= 0.3 is 0 Å². The third-order valence-electron chi connectivity index (χ3n) is 1.82. The van der Waals surface area contributed by atoms with Gasteiger partial charge in [-0.3, -0.25) is 0 Å². The summed E-state index contributed by atoms with van der Waals surface area (Å²) in [5.74, 6) is 1.13. The molecule has 0 saturated carbocycles. The zero-order chi connectivity index (χ0) is 8.43. The highest BCUT2D eigenvalue weighted by atomic mass is 14.8. The monoisotopic (exact) mass is 150 g/mol. The van der Waals surface area contributed by atoms with Gasteiger partial charge in [0.25, 0.3) is 0 Å². The van der Waals surface area contributed by atoms with E-state index in [9.17, 15) is 0 Å². The summed E-state index contributed by atoms with van der Waals surface area (Å²) in [4.78, 5) is 4.04. The van der Waals surface area contributed by atoms with Crippen LogP contribution in [-0.4, -0.2) is 4.98 Å². The normalized spacial score (nSPS) is 10.5. The number of aromatic nitrogens is 1. The Labute approximate surface area is 67.5 Å². The molecule has 0 atom stereocenters. The Balaban J connectivity index is 3.21. The lowest BCUT2D eigenvalue weighted by atomic mass is 9.99. The third-order valence-corrected chi connectivity index (χ3v) is 1.82. The minimum atomic E-state index is 0.462. The van der Waals surface area contributed by atoms with Crippen LogP contribution in [0.2, 0.25) is 0 Å². The van der Waals surface area contributed by atoms with Gasteiger partial charge in [-0.1, -0.05) is 13.8 Å². The van der Waals surface area contributed by atoms with E-state index in [0.717, 1.165) is 0 Å². The summed E-state index contributed by atoms with van der Waals surface area (Å²) in [6.45, 7) is 6.31. The van der Waals surface area contributed by atoms with E-state index >= 15 is 0 Å². The topological polar surface area (TPSA) is 38.9 Å². The van der Waals surface area contributed by atoms with Crippen molar-refractivity contribution in [2.45, 2.75) is 26.7 Å². The summed E-state index contributed by atoms with van der Waals surface area (Å²) in [6, 6.07) is 1.99. The highest BCUT2D eigenvalue weighted by molar-refractivity contribution is 5.45. The van der Waals surface area contributed by atoms with Gasteiger partial charge in [-0.05, 0) is 30.0 Å².